The molecule has 11 rings (SSSR count). The Morgan fingerprint density at radius 2 is 1.27 bits per heavy atom. The Kier molecular flexibility index (Phi) is 6.86. The van der Waals surface area contributed by atoms with Crippen LogP contribution in [0.5, 0.6) is 0 Å². The maximum absolute atomic E-state index is 5.46. The molecule has 10 aromatic rings. The molecule has 4 heterocycles. The molecule has 266 valence electrons. The molecule has 6 aromatic carbocycles. The van der Waals surface area contributed by atoms with Crippen molar-refractivity contribution in [1.82, 2.24) is 29.1 Å². The first kappa shape index (κ1) is 32.3. The van der Waals surface area contributed by atoms with Gasteiger partial charge in [-0.2, -0.15) is 0 Å². The van der Waals surface area contributed by atoms with Crippen LogP contribution in [0.3, 0.4) is 0 Å². The molecule has 1 aliphatic carbocycles. The van der Waals surface area contributed by atoms with Crippen molar-refractivity contribution in [3.63, 3.8) is 0 Å². The van der Waals surface area contributed by atoms with Gasteiger partial charge in [0.1, 0.15) is 5.69 Å². The quantitative estimate of drug-likeness (QED) is 0.178. The Morgan fingerprint density at radius 1 is 0.607 bits per heavy atom. The average molecular weight is 721 g/mol. The van der Waals surface area contributed by atoms with E-state index >= 15 is 0 Å². The Morgan fingerprint density at radius 3 is 2.05 bits per heavy atom. The highest BCUT2D eigenvalue weighted by Gasteiger charge is 2.36. The first-order valence-corrected chi connectivity index (χ1v) is 19.1. The number of fused-ring (bicyclic) bond motifs is 10. The van der Waals surface area contributed by atoms with Gasteiger partial charge in [0.25, 0.3) is 0 Å². The van der Waals surface area contributed by atoms with Gasteiger partial charge < -0.3 is 0 Å². The van der Waals surface area contributed by atoms with Gasteiger partial charge in [0, 0.05) is 32.7 Å². The first-order chi connectivity index (χ1) is 27.5. The van der Waals surface area contributed by atoms with Gasteiger partial charge in [0.2, 0.25) is 0 Å². The lowest BCUT2D eigenvalue weighted by molar-refractivity contribution is 0.660. The van der Waals surface area contributed by atoms with E-state index in [1.54, 1.807) is 0 Å². The minimum Gasteiger partial charge on any atom is -0.292 e. The molecule has 0 saturated heterocycles. The van der Waals surface area contributed by atoms with Crippen molar-refractivity contribution in [2.24, 2.45) is 0 Å². The zero-order chi connectivity index (χ0) is 37.7. The molecule has 6 nitrogen and oxygen atoms in total. The number of aromatic nitrogens is 6. The molecule has 56 heavy (non-hydrogen) atoms. The van der Waals surface area contributed by atoms with Gasteiger partial charge in [-0.25, -0.2) is 15.0 Å². The van der Waals surface area contributed by atoms with Crippen molar-refractivity contribution in [3.05, 3.63) is 169 Å². The second kappa shape index (κ2) is 11.9. The third-order valence-electron chi connectivity index (χ3n) is 11.7. The van der Waals surface area contributed by atoms with Crippen LogP contribution >= 0.6 is 0 Å². The van der Waals surface area contributed by atoms with E-state index in [1.165, 1.54) is 22.3 Å². The van der Waals surface area contributed by atoms with Crippen LogP contribution in [0.1, 0.15) is 43.2 Å². The highest BCUT2D eigenvalue weighted by atomic mass is 15.1. The third kappa shape index (κ3) is 4.44. The highest BCUT2D eigenvalue weighted by molar-refractivity contribution is 6.24. The Labute approximate surface area is 323 Å². The van der Waals surface area contributed by atoms with E-state index in [0.29, 0.717) is 0 Å². The fraction of sp³-hybridized carbons (Fsp3) is 0.0800. The van der Waals surface area contributed by atoms with Crippen molar-refractivity contribution < 1.29 is 0 Å². The molecule has 0 radical (unpaired) electrons. The molecule has 0 aliphatic heterocycles. The molecule has 0 unspecified atom stereocenters. The molecular weight excluding hydrogens is 685 g/mol. The largest absolute Gasteiger partial charge is 0.292 e. The summed E-state index contributed by atoms with van der Waals surface area (Å²) in [7, 11) is 0. The molecule has 0 atom stereocenters. The molecule has 0 amide bonds. The monoisotopic (exact) mass is 720 g/mol. The summed E-state index contributed by atoms with van der Waals surface area (Å²) in [4.78, 5) is 20.8. The van der Waals surface area contributed by atoms with E-state index in [4.69, 9.17) is 19.9 Å². The van der Waals surface area contributed by atoms with Crippen LogP contribution in [0, 0.1) is 0 Å². The van der Waals surface area contributed by atoms with Gasteiger partial charge in [-0.05, 0) is 83.8 Å². The van der Waals surface area contributed by atoms with Crippen molar-refractivity contribution in [1.29, 1.82) is 0 Å². The zero-order valence-electron chi connectivity index (χ0n) is 31.3. The Hall–Kier alpha value is -7.18. The van der Waals surface area contributed by atoms with Gasteiger partial charge in [0.15, 0.2) is 11.6 Å². The number of rotatable bonds is 5. The predicted octanol–water partition coefficient (Wildman–Crippen LogP) is 12.3. The van der Waals surface area contributed by atoms with E-state index in [2.05, 4.69) is 127 Å². The summed E-state index contributed by atoms with van der Waals surface area (Å²) < 4.78 is 4.52. The molecule has 4 aromatic heterocycles. The van der Waals surface area contributed by atoms with Crippen LogP contribution in [0.2, 0.25) is 0 Å². The summed E-state index contributed by atoms with van der Waals surface area (Å²) in [6, 6.07) is 44.8. The summed E-state index contributed by atoms with van der Waals surface area (Å²) in [5.41, 5.74) is 15.5. The summed E-state index contributed by atoms with van der Waals surface area (Å²) in [6.07, 6.45) is 8.04. The summed E-state index contributed by atoms with van der Waals surface area (Å²) in [5.74, 6) is 1.54. The van der Waals surface area contributed by atoms with Crippen LogP contribution in [0.4, 0.5) is 0 Å². The van der Waals surface area contributed by atoms with Crippen molar-refractivity contribution in [3.8, 4) is 34.0 Å². The molecular formula is C50H36N6. The maximum atomic E-state index is 5.46. The molecule has 0 bridgehead atoms. The molecule has 0 N–H and O–H groups in total. The second-order valence-electron chi connectivity index (χ2n) is 15.1. The number of benzene rings is 6. The molecule has 0 fully saturated rings. The Balaban J connectivity index is 1.23. The fourth-order valence-corrected chi connectivity index (χ4v) is 9.14. The predicted molar refractivity (Wildman–Crippen MR) is 232 cm³/mol. The summed E-state index contributed by atoms with van der Waals surface area (Å²) in [6.45, 7) is 11.0. The molecule has 0 spiro atoms. The normalized spacial score (nSPS) is 13.4. The van der Waals surface area contributed by atoms with Gasteiger partial charge in [-0.15, -0.1) is 0 Å². The third-order valence-corrected chi connectivity index (χ3v) is 11.7. The SMILES string of the molecule is C=Cc1c(/C=C\C)n(-c2cnc3ccccc3n2)c2ccc3c(c4ccccc4n3-c3nc4ccccc4nc3-c3ccc4c(c3)C(C)(C)c3ccccc3-4)c12. The van der Waals surface area contributed by atoms with Crippen molar-refractivity contribution in [2.75, 3.05) is 0 Å². The summed E-state index contributed by atoms with van der Waals surface area (Å²) >= 11 is 0. The standard InChI is InChI=1S/C50H36N6/c1-5-15-41-31(6-2)46-43(55(41)45-29-51-37-19-10-11-20-38(37)52-45)26-27-44-47(46)34-17-8-14-23-42(34)56(44)49-48(53-39-21-12-13-22-40(39)54-49)30-24-25-33-32-16-7-9-18-35(32)50(3,4)36(33)28-30/h5-29H,2H2,1,3-4H3/b15-5-. The van der Waals surface area contributed by atoms with Crippen LogP contribution in [-0.4, -0.2) is 29.1 Å². The van der Waals surface area contributed by atoms with E-state index in [0.717, 1.165) is 88.9 Å². The Bertz CT molecular complexity index is 3320. The van der Waals surface area contributed by atoms with Crippen LogP contribution < -0.4 is 0 Å². The fourth-order valence-electron chi connectivity index (χ4n) is 9.14. The van der Waals surface area contributed by atoms with Gasteiger partial charge >= 0.3 is 0 Å². The number of hydrogen-bond donors (Lipinski definition) is 0. The minimum atomic E-state index is -0.154. The molecule has 0 saturated carbocycles. The lowest BCUT2D eigenvalue weighted by Crippen LogP contribution is -2.15. The second-order valence-corrected chi connectivity index (χ2v) is 15.1. The summed E-state index contributed by atoms with van der Waals surface area (Å²) in [5, 5.41) is 3.34. The lowest BCUT2D eigenvalue weighted by Gasteiger charge is -2.22. The lowest BCUT2D eigenvalue weighted by atomic mass is 9.82. The van der Waals surface area contributed by atoms with Gasteiger partial charge in [0.05, 0.1) is 50.5 Å². The number of para-hydroxylation sites is 5. The molecule has 6 heteroatoms. The smallest absolute Gasteiger partial charge is 0.165 e. The average Bonchev–Trinajstić information content (AvgIpc) is 3.82. The highest BCUT2D eigenvalue weighted by Crippen LogP contribution is 2.50. The van der Waals surface area contributed by atoms with Crippen molar-refractivity contribution in [2.45, 2.75) is 26.2 Å². The minimum absolute atomic E-state index is 0.154. The topological polar surface area (TPSA) is 61.4 Å². The van der Waals surface area contributed by atoms with Crippen LogP contribution in [-0.2, 0) is 5.41 Å². The van der Waals surface area contributed by atoms with E-state index in [1.807, 2.05) is 61.7 Å². The zero-order valence-corrected chi connectivity index (χ0v) is 31.3. The number of nitrogens with zero attached hydrogens (tertiary/aromatic N) is 6. The first-order valence-electron chi connectivity index (χ1n) is 19.1. The number of allylic oxidation sites excluding steroid dienone is 1. The molecule has 1 aliphatic rings. The van der Waals surface area contributed by atoms with E-state index in [9.17, 15) is 0 Å². The number of hydrogen-bond acceptors (Lipinski definition) is 4. The van der Waals surface area contributed by atoms with E-state index in [-0.39, 0.29) is 5.41 Å². The van der Waals surface area contributed by atoms with Gasteiger partial charge in [-0.3, -0.25) is 14.1 Å². The van der Waals surface area contributed by atoms with Crippen molar-refractivity contribution >= 4 is 66.9 Å². The van der Waals surface area contributed by atoms with Crippen LogP contribution in [0.15, 0.2) is 146 Å². The maximum Gasteiger partial charge on any atom is 0.165 e. The van der Waals surface area contributed by atoms with Crippen LogP contribution in [0.25, 0.3) is 101 Å². The van der Waals surface area contributed by atoms with E-state index < -0.39 is 0 Å². The van der Waals surface area contributed by atoms with Gasteiger partial charge in [-0.1, -0.05) is 111 Å².